The van der Waals surface area contributed by atoms with Crippen LogP contribution in [-0.2, 0) is 19.2 Å². The third kappa shape index (κ3) is 18.9. The number of hydrogen-bond donors (Lipinski definition) is 2. The van der Waals surface area contributed by atoms with Crippen molar-refractivity contribution in [1.29, 1.82) is 0 Å². The SMILES string of the molecule is NC(N)(CC(=O)[O-])CC(CC(=O)[O-])(CC(=O)[O-])CC(=O)[O-].[Na+].[Na+].[Na+].[Na+]. The zero-order valence-corrected chi connectivity index (χ0v) is 23.0. The molecule has 0 aliphatic carbocycles. The van der Waals surface area contributed by atoms with Crippen molar-refractivity contribution in [2.75, 3.05) is 0 Å². The number of carbonyl (C=O) groups excluding carboxylic acids is 4. The predicted octanol–water partition coefficient (Wildman–Crippen LogP) is -18.4. The van der Waals surface area contributed by atoms with E-state index in [-0.39, 0.29) is 118 Å². The molecule has 0 saturated heterocycles. The molecule has 0 radical (unpaired) electrons. The Kier molecular flexibility index (Phi) is 25.1. The second kappa shape index (κ2) is 16.7. The van der Waals surface area contributed by atoms with Gasteiger partial charge in [-0.05, 0) is 31.1 Å². The molecule has 0 spiro atoms. The topological polar surface area (TPSA) is 213 Å². The van der Waals surface area contributed by atoms with Gasteiger partial charge in [-0.3, -0.25) is 0 Å². The maximum absolute atomic E-state index is 10.7. The van der Waals surface area contributed by atoms with Gasteiger partial charge in [0.15, 0.2) is 0 Å². The molecule has 0 aromatic carbocycles. The van der Waals surface area contributed by atoms with E-state index in [4.69, 9.17) is 11.5 Å². The zero-order chi connectivity index (χ0) is 16.8. The van der Waals surface area contributed by atoms with Gasteiger partial charge in [0.2, 0.25) is 0 Å². The van der Waals surface area contributed by atoms with Gasteiger partial charge >= 0.3 is 118 Å². The summed E-state index contributed by atoms with van der Waals surface area (Å²) in [7, 11) is 0. The van der Waals surface area contributed by atoms with Gasteiger partial charge in [0, 0.05) is 30.3 Å². The summed E-state index contributed by atoms with van der Waals surface area (Å²) in [6.45, 7) is 0. The molecule has 25 heavy (non-hydrogen) atoms. The number of carboxylic acid groups (broad SMARTS) is 4. The van der Waals surface area contributed by atoms with E-state index in [1.807, 2.05) is 0 Å². The maximum Gasteiger partial charge on any atom is 1.00 e. The van der Waals surface area contributed by atoms with Crippen LogP contribution in [0.4, 0.5) is 0 Å². The van der Waals surface area contributed by atoms with Gasteiger partial charge in [-0.1, -0.05) is 0 Å². The number of carbonyl (C=O) groups is 4. The van der Waals surface area contributed by atoms with E-state index in [0.29, 0.717) is 0 Å². The Labute approximate surface area is 233 Å². The summed E-state index contributed by atoms with van der Waals surface area (Å²) in [5.74, 6) is -6.91. The minimum absolute atomic E-state index is 0. The minimum atomic E-state index is -2.07. The smallest absolute Gasteiger partial charge is 0.550 e. The first kappa shape index (κ1) is 37.5. The van der Waals surface area contributed by atoms with Crippen molar-refractivity contribution in [3.05, 3.63) is 0 Å². The van der Waals surface area contributed by atoms with Crippen LogP contribution in [0.15, 0.2) is 0 Å². The molecule has 0 aliphatic heterocycles. The zero-order valence-electron chi connectivity index (χ0n) is 15.0. The van der Waals surface area contributed by atoms with Crippen LogP contribution < -0.4 is 150 Å². The third-order valence-corrected chi connectivity index (χ3v) is 2.74. The van der Waals surface area contributed by atoms with Crippen molar-refractivity contribution in [3.8, 4) is 0 Å². The van der Waals surface area contributed by atoms with Crippen molar-refractivity contribution in [3.63, 3.8) is 0 Å². The Hall–Kier alpha value is 1.80. The van der Waals surface area contributed by atoms with E-state index in [0.717, 1.165) is 0 Å². The van der Waals surface area contributed by atoms with E-state index in [2.05, 4.69) is 0 Å². The molecule has 0 bridgehead atoms. The van der Waals surface area contributed by atoms with Gasteiger partial charge in [0.1, 0.15) is 0 Å². The van der Waals surface area contributed by atoms with Crippen LogP contribution in [0.1, 0.15) is 32.1 Å². The van der Waals surface area contributed by atoms with Crippen molar-refractivity contribution in [2.45, 2.75) is 37.8 Å². The van der Waals surface area contributed by atoms with Gasteiger partial charge in [-0.25, -0.2) is 0 Å². The van der Waals surface area contributed by atoms with Crippen LogP contribution in [0, 0.1) is 5.41 Å². The molecule has 0 aliphatic rings. The second-order valence-corrected chi connectivity index (χ2v) is 5.11. The molecule has 0 amide bonds. The Balaban J connectivity index is -0.000000333. The van der Waals surface area contributed by atoms with Crippen LogP contribution in [0.25, 0.3) is 0 Å². The molecule has 0 heterocycles. The fraction of sp³-hybridized carbons (Fsp3) is 0.636. The Morgan fingerprint density at radius 3 is 1.04 bits per heavy atom. The molecule has 4 N–H and O–H groups in total. The molecule has 0 rings (SSSR count). The van der Waals surface area contributed by atoms with E-state index in [1.165, 1.54) is 0 Å². The quantitative estimate of drug-likeness (QED) is 0.263. The van der Waals surface area contributed by atoms with Crippen molar-refractivity contribution in [2.24, 2.45) is 16.9 Å². The summed E-state index contributed by atoms with van der Waals surface area (Å²) in [6, 6.07) is 0. The first-order chi connectivity index (χ1) is 9.37. The predicted molar refractivity (Wildman–Crippen MR) is 56.7 cm³/mol. The molecule has 10 nitrogen and oxygen atoms in total. The van der Waals surface area contributed by atoms with Crippen LogP contribution in [0.2, 0.25) is 0 Å². The number of rotatable bonds is 10. The Bertz CT molecular complexity index is 421. The molecular formula is C11H14N2Na4O8. The number of nitrogens with two attached hydrogens (primary N) is 2. The summed E-state index contributed by atoms with van der Waals surface area (Å²) in [5, 5.41) is 42.7. The molecule has 0 saturated carbocycles. The van der Waals surface area contributed by atoms with Gasteiger partial charge in [-0.15, -0.1) is 0 Å². The van der Waals surface area contributed by atoms with Crippen LogP contribution >= 0.6 is 0 Å². The molecule has 0 fully saturated rings. The molecule has 120 valence electrons. The standard InChI is InChI=1S/C11H18N2O8.4Na/c12-11(13,4-9(20)21)5-10(1-6(14)15,2-7(16)17)3-8(18)19;;;;/h1-5,12-13H2,(H,14,15)(H,16,17)(H,18,19)(H,20,21);;;;/q;4*+1/p-4. The summed E-state index contributed by atoms with van der Waals surface area (Å²) >= 11 is 0. The molecule has 0 unspecified atom stereocenters. The van der Waals surface area contributed by atoms with Gasteiger partial charge in [0.25, 0.3) is 0 Å². The van der Waals surface area contributed by atoms with E-state index < -0.39 is 67.1 Å². The molecule has 14 heteroatoms. The van der Waals surface area contributed by atoms with Crippen molar-refractivity contribution < 1.29 is 158 Å². The molecule has 0 atom stereocenters. The normalized spacial score (nSPS) is 10.0. The van der Waals surface area contributed by atoms with Crippen molar-refractivity contribution >= 4 is 23.9 Å². The summed E-state index contributed by atoms with van der Waals surface area (Å²) in [5.41, 5.74) is 6.83. The monoisotopic (exact) mass is 394 g/mol. The van der Waals surface area contributed by atoms with Gasteiger partial charge in [-0.2, -0.15) is 0 Å². The fourth-order valence-electron chi connectivity index (χ4n) is 2.32. The average molecular weight is 394 g/mol. The first-order valence-electron chi connectivity index (χ1n) is 5.75. The van der Waals surface area contributed by atoms with Gasteiger partial charge in [0.05, 0.1) is 5.66 Å². The Morgan fingerprint density at radius 2 is 0.840 bits per heavy atom. The molecule has 0 aromatic rings. The third-order valence-electron chi connectivity index (χ3n) is 2.74. The summed E-state index contributed by atoms with van der Waals surface area (Å²) in [6.07, 6.45) is -4.71. The van der Waals surface area contributed by atoms with Crippen LogP contribution in [0.3, 0.4) is 0 Å². The van der Waals surface area contributed by atoms with E-state index in [9.17, 15) is 39.6 Å². The maximum atomic E-state index is 10.7. The Morgan fingerprint density at radius 1 is 0.600 bits per heavy atom. The largest absolute Gasteiger partial charge is 1.00 e. The first-order valence-corrected chi connectivity index (χ1v) is 5.75. The minimum Gasteiger partial charge on any atom is -0.550 e. The fourth-order valence-corrected chi connectivity index (χ4v) is 2.32. The van der Waals surface area contributed by atoms with Crippen molar-refractivity contribution in [1.82, 2.24) is 0 Å². The summed E-state index contributed by atoms with van der Waals surface area (Å²) in [4.78, 5) is 42.7. The summed E-state index contributed by atoms with van der Waals surface area (Å²) < 4.78 is 0. The van der Waals surface area contributed by atoms with Gasteiger partial charge < -0.3 is 51.1 Å². The number of carboxylic acids is 4. The second-order valence-electron chi connectivity index (χ2n) is 5.11. The average Bonchev–Trinajstić information content (AvgIpc) is 2.07. The van der Waals surface area contributed by atoms with E-state index >= 15 is 0 Å². The van der Waals surface area contributed by atoms with E-state index in [1.54, 1.807) is 0 Å². The number of aliphatic carboxylic acids is 4. The molecular weight excluding hydrogens is 380 g/mol. The molecule has 0 aromatic heterocycles. The van der Waals surface area contributed by atoms with Crippen LogP contribution in [-0.4, -0.2) is 29.5 Å². The number of hydrogen-bond acceptors (Lipinski definition) is 10. The van der Waals surface area contributed by atoms with Crippen LogP contribution in [0.5, 0.6) is 0 Å².